The lowest BCUT2D eigenvalue weighted by Gasteiger charge is -2.09. The molecule has 0 saturated heterocycles. The fraction of sp³-hybridized carbons (Fsp3) is 0.600. The average molecular weight is 181 g/mol. The lowest BCUT2D eigenvalue weighted by Crippen LogP contribution is -2.10. The molecule has 1 nitrogen and oxygen atoms in total. The first kappa shape index (κ1) is 8.27. The Morgan fingerprint density at radius 2 is 2.42 bits per heavy atom. The Labute approximate surface area is 77.6 Å². The normalized spacial score (nSPS) is 19.5. The van der Waals surface area contributed by atoms with Crippen LogP contribution in [0.5, 0.6) is 0 Å². The molecular weight excluding hydrogens is 166 g/mol. The van der Waals surface area contributed by atoms with E-state index in [1.807, 2.05) is 0 Å². The lowest BCUT2D eigenvalue weighted by atomic mass is 10.0. The summed E-state index contributed by atoms with van der Waals surface area (Å²) < 4.78 is 0. The first-order valence-corrected chi connectivity index (χ1v) is 5.45. The first-order chi connectivity index (χ1) is 5.77. The molecule has 2 heteroatoms. The highest BCUT2D eigenvalue weighted by atomic mass is 32.1. The maximum atomic E-state index is 6.09. The van der Waals surface area contributed by atoms with Crippen LogP contribution in [0.25, 0.3) is 0 Å². The van der Waals surface area contributed by atoms with Crippen molar-refractivity contribution in [1.82, 2.24) is 0 Å². The van der Waals surface area contributed by atoms with Crippen LogP contribution in [0.2, 0.25) is 0 Å². The van der Waals surface area contributed by atoms with Crippen LogP contribution in [0.3, 0.4) is 0 Å². The van der Waals surface area contributed by atoms with E-state index in [0.717, 1.165) is 5.92 Å². The third kappa shape index (κ3) is 1.70. The van der Waals surface area contributed by atoms with Crippen molar-refractivity contribution < 1.29 is 0 Å². The molecule has 1 heterocycles. The fourth-order valence-electron chi connectivity index (χ4n) is 1.62. The van der Waals surface area contributed by atoms with Crippen LogP contribution < -0.4 is 5.73 Å². The lowest BCUT2D eigenvalue weighted by molar-refractivity contribution is 0.596. The summed E-state index contributed by atoms with van der Waals surface area (Å²) in [4.78, 5) is 1.39. The van der Waals surface area contributed by atoms with Crippen molar-refractivity contribution >= 4 is 11.3 Å². The predicted octanol–water partition coefficient (Wildman–Crippen LogP) is 2.86. The van der Waals surface area contributed by atoms with Gasteiger partial charge in [-0.25, -0.2) is 0 Å². The van der Waals surface area contributed by atoms with Crippen LogP contribution in [0.4, 0.5) is 0 Å². The number of rotatable bonds is 3. The molecule has 2 rings (SSSR count). The number of aryl methyl sites for hydroxylation is 1. The van der Waals surface area contributed by atoms with E-state index in [-0.39, 0.29) is 0 Å². The van der Waals surface area contributed by atoms with Crippen molar-refractivity contribution in [3.8, 4) is 0 Å². The molecule has 1 aromatic heterocycles. The molecule has 1 aromatic rings. The molecule has 1 aliphatic carbocycles. The van der Waals surface area contributed by atoms with Gasteiger partial charge in [-0.2, -0.15) is 0 Å². The minimum absolute atomic E-state index is 0.295. The number of hydrogen-bond acceptors (Lipinski definition) is 2. The zero-order valence-electron chi connectivity index (χ0n) is 7.42. The SMILES string of the molecule is Cc1sccc1C(N)CC1CC1. The van der Waals surface area contributed by atoms with E-state index >= 15 is 0 Å². The Hall–Kier alpha value is -0.340. The Bertz CT molecular complexity index is 263. The smallest absolute Gasteiger partial charge is 0.0308 e. The Kier molecular flexibility index (Phi) is 2.20. The molecule has 1 saturated carbocycles. The summed E-state index contributed by atoms with van der Waals surface area (Å²) in [5.74, 6) is 0.930. The van der Waals surface area contributed by atoms with E-state index in [2.05, 4.69) is 18.4 Å². The van der Waals surface area contributed by atoms with Crippen LogP contribution in [0.1, 0.15) is 35.7 Å². The average Bonchev–Trinajstić information content (AvgIpc) is 2.72. The molecule has 0 radical (unpaired) electrons. The summed E-state index contributed by atoms with van der Waals surface area (Å²) in [6, 6.07) is 2.47. The second-order valence-corrected chi connectivity index (χ2v) is 4.84. The van der Waals surface area contributed by atoms with Crippen molar-refractivity contribution in [3.05, 3.63) is 21.9 Å². The quantitative estimate of drug-likeness (QED) is 0.762. The Balaban J connectivity index is 2.02. The molecule has 1 fully saturated rings. The van der Waals surface area contributed by atoms with Crippen LogP contribution in [-0.2, 0) is 0 Å². The van der Waals surface area contributed by atoms with E-state index in [1.165, 1.54) is 29.7 Å². The molecule has 1 atom stereocenters. The van der Waals surface area contributed by atoms with Crippen LogP contribution >= 0.6 is 11.3 Å². The zero-order valence-corrected chi connectivity index (χ0v) is 8.23. The minimum atomic E-state index is 0.295. The largest absolute Gasteiger partial charge is 0.324 e. The third-order valence-corrected chi connectivity index (χ3v) is 3.44. The highest BCUT2D eigenvalue weighted by Crippen LogP contribution is 2.37. The Morgan fingerprint density at radius 1 is 1.67 bits per heavy atom. The molecule has 0 aliphatic heterocycles. The monoisotopic (exact) mass is 181 g/mol. The van der Waals surface area contributed by atoms with Gasteiger partial charge in [0, 0.05) is 10.9 Å². The summed E-state index contributed by atoms with van der Waals surface area (Å²) >= 11 is 1.80. The van der Waals surface area contributed by atoms with Gasteiger partial charge in [-0.15, -0.1) is 11.3 Å². The van der Waals surface area contributed by atoms with Gasteiger partial charge in [0.05, 0.1) is 0 Å². The van der Waals surface area contributed by atoms with Gasteiger partial charge in [-0.3, -0.25) is 0 Å². The van der Waals surface area contributed by atoms with Gasteiger partial charge >= 0.3 is 0 Å². The van der Waals surface area contributed by atoms with Crippen molar-refractivity contribution in [2.75, 3.05) is 0 Å². The molecule has 0 amide bonds. The van der Waals surface area contributed by atoms with Gasteiger partial charge in [0.15, 0.2) is 0 Å². The van der Waals surface area contributed by atoms with Gasteiger partial charge < -0.3 is 5.73 Å². The summed E-state index contributed by atoms with van der Waals surface area (Å²) in [7, 11) is 0. The van der Waals surface area contributed by atoms with E-state index < -0.39 is 0 Å². The highest BCUT2D eigenvalue weighted by Gasteiger charge is 2.25. The van der Waals surface area contributed by atoms with Gasteiger partial charge in [0.1, 0.15) is 0 Å². The van der Waals surface area contributed by atoms with Crippen LogP contribution in [-0.4, -0.2) is 0 Å². The highest BCUT2D eigenvalue weighted by molar-refractivity contribution is 7.10. The fourth-order valence-corrected chi connectivity index (χ4v) is 2.39. The van der Waals surface area contributed by atoms with E-state index in [0.29, 0.717) is 6.04 Å². The van der Waals surface area contributed by atoms with Crippen LogP contribution in [0, 0.1) is 12.8 Å². The van der Waals surface area contributed by atoms with Gasteiger partial charge in [0.25, 0.3) is 0 Å². The maximum absolute atomic E-state index is 6.09. The molecular formula is C10H15NS. The van der Waals surface area contributed by atoms with Crippen molar-refractivity contribution in [2.24, 2.45) is 11.7 Å². The van der Waals surface area contributed by atoms with E-state index in [9.17, 15) is 0 Å². The number of hydrogen-bond donors (Lipinski definition) is 1. The molecule has 12 heavy (non-hydrogen) atoms. The summed E-state index contributed by atoms with van der Waals surface area (Å²) in [5.41, 5.74) is 7.46. The molecule has 1 aliphatic rings. The Morgan fingerprint density at radius 3 is 2.92 bits per heavy atom. The molecule has 2 N–H and O–H groups in total. The third-order valence-electron chi connectivity index (χ3n) is 2.58. The minimum Gasteiger partial charge on any atom is -0.324 e. The zero-order chi connectivity index (χ0) is 8.55. The topological polar surface area (TPSA) is 26.0 Å². The van der Waals surface area contributed by atoms with Gasteiger partial charge in [-0.1, -0.05) is 12.8 Å². The maximum Gasteiger partial charge on any atom is 0.0308 e. The standard InChI is InChI=1S/C10H15NS/c1-7-9(4-5-12-7)10(11)6-8-2-3-8/h4-5,8,10H,2-3,6,11H2,1H3. The van der Waals surface area contributed by atoms with Gasteiger partial charge in [0.2, 0.25) is 0 Å². The molecule has 1 unspecified atom stereocenters. The molecule has 66 valence electrons. The first-order valence-electron chi connectivity index (χ1n) is 4.57. The number of nitrogens with two attached hydrogens (primary N) is 1. The number of thiophene rings is 1. The molecule has 0 spiro atoms. The molecule has 0 bridgehead atoms. The van der Waals surface area contributed by atoms with Crippen molar-refractivity contribution in [2.45, 2.75) is 32.2 Å². The van der Waals surface area contributed by atoms with Crippen molar-refractivity contribution in [1.29, 1.82) is 0 Å². The second-order valence-electron chi connectivity index (χ2n) is 3.72. The van der Waals surface area contributed by atoms with Crippen molar-refractivity contribution in [3.63, 3.8) is 0 Å². The van der Waals surface area contributed by atoms with E-state index in [1.54, 1.807) is 11.3 Å². The van der Waals surface area contributed by atoms with Crippen LogP contribution in [0.15, 0.2) is 11.4 Å². The van der Waals surface area contributed by atoms with Gasteiger partial charge in [-0.05, 0) is 36.3 Å². The summed E-state index contributed by atoms with van der Waals surface area (Å²) in [6.07, 6.45) is 3.99. The summed E-state index contributed by atoms with van der Waals surface area (Å²) in [5, 5.41) is 2.14. The second kappa shape index (κ2) is 3.19. The molecule has 0 aromatic carbocycles. The van der Waals surface area contributed by atoms with E-state index in [4.69, 9.17) is 5.73 Å². The summed E-state index contributed by atoms with van der Waals surface area (Å²) in [6.45, 7) is 2.16. The predicted molar refractivity (Wildman–Crippen MR) is 53.3 cm³/mol.